The first-order chi connectivity index (χ1) is 10.2. The third kappa shape index (κ3) is 3.24. The topological polar surface area (TPSA) is 24.5 Å². The largest absolute Gasteiger partial charge is 0.492 e. The first-order valence-corrected chi connectivity index (χ1v) is 8.41. The van der Waals surface area contributed by atoms with E-state index in [2.05, 4.69) is 55.3 Å². The van der Waals surface area contributed by atoms with Gasteiger partial charge in [0.25, 0.3) is 0 Å². The van der Waals surface area contributed by atoms with Crippen LogP contribution in [0.4, 0.5) is 0 Å². The third-order valence-electron chi connectivity index (χ3n) is 4.73. The van der Waals surface area contributed by atoms with Crippen LogP contribution >= 0.6 is 0 Å². The molecule has 3 nitrogen and oxygen atoms in total. The van der Waals surface area contributed by atoms with Crippen molar-refractivity contribution in [2.24, 2.45) is 5.92 Å². The first-order valence-electron chi connectivity index (χ1n) is 8.41. The lowest BCUT2D eigenvalue weighted by molar-refractivity contribution is 0.0590. The van der Waals surface area contributed by atoms with Crippen molar-refractivity contribution in [2.45, 2.75) is 51.7 Å². The maximum atomic E-state index is 6.06. The summed E-state index contributed by atoms with van der Waals surface area (Å²) in [7, 11) is 0. The molecule has 21 heavy (non-hydrogen) atoms. The summed E-state index contributed by atoms with van der Waals surface area (Å²) in [6.07, 6.45) is 2.80. The third-order valence-corrected chi connectivity index (χ3v) is 4.73. The van der Waals surface area contributed by atoms with Gasteiger partial charge < -0.3 is 10.1 Å². The van der Waals surface area contributed by atoms with Crippen molar-refractivity contribution in [3.05, 3.63) is 29.8 Å². The Kier molecular flexibility index (Phi) is 4.51. The van der Waals surface area contributed by atoms with Gasteiger partial charge in [0.05, 0.1) is 12.1 Å². The molecule has 0 saturated heterocycles. The molecule has 0 amide bonds. The average molecular weight is 288 g/mol. The second-order valence-electron chi connectivity index (χ2n) is 6.69. The highest BCUT2D eigenvalue weighted by molar-refractivity contribution is 5.38. The number of benzene rings is 1. The van der Waals surface area contributed by atoms with Gasteiger partial charge in [-0.2, -0.15) is 0 Å². The second-order valence-corrected chi connectivity index (χ2v) is 6.69. The van der Waals surface area contributed by atoms with Crippen molar-refractivity contribution in [1.82, 2.24) is 10.2 Å². The zero-order valence-electron chi connectivity index (χ0n) is 13.5. The van der Waals surface area contributed by atoms with Crippen molar-refractivity contribution in [3.8, 4) is 5.75 Å². The molecule has 1 aliphatic heterocycles. The van der Waals surface area contributed by atoms with Gasteiger partial charge in [0.1, 0.15) is 12.4 Å². The van der Waals surface area contributed by atoms with Crippen LogP contribution in [-0.4, -0.2) is 36.7 Å². The van der Waals surface area contributed by atoms with E-state index < -0.39 is 0 Å². The molecule has 3 rings (SSSR count). The summed E-state index contributed by atoms with van der Waals surface area (Å²) in [5.74, 6) is 1.96. The number of nitrogens with zero attached hydrogens (tertiary/aromatic N) is 1. The molecule has 3 heteroatoms. The number of fused-ring (bicyclic) bond motifs is 1. The predicted octanol–water partition coefficient (Wildman–Crippen LogP) is 3.22. The molecule has 0 bridgehead atoms. The Bertz CT molecular complexity index is 470. The van der Waals surface area contributed by atoms with Gasteiger partial charge >= 0.3 is 0 Å². The molecule has 0 spiro atoms. The van der Waals surface area contributed by atoms with E-state index in [1.807, 2.05) is 0 Å². The molecular formula is C18H28N2O. The minimum Gasteiger partial charge on any atom is -0.492 e. The highest BCUT2D eigenvalue weighted by Crippen LogP contribution is 2.37. The molecule has 116 valence electrons. The molecular weight excluding hydrogens is 260 g/mol. The molecule has 1 N–H and O–H groups in total. The summed E-state index contributed by atoms with van der Waals surface area (Å²) in [6, 6.07) is 9.86. The maximum absolute atomic E-state index is 6.06. The normalized spacial score (nSPS) is 25.0. The van der Waals surface area contributed by atoms with E-state index in [1.54, 1.807) is 0 Å². The minimum absolute atomic E-state index is 0.376. The van der Waals surface area contributed by atoms with E-state index in [0.29, 0.717) is 18.1 Å². The Labute approximate surface area is 128 Å². The minimum atomic E-state index is 0.376. The lowest BCUT2D eigenvalue weighted by Gasteiger charge is -2.43. The molecule has 0 radical (unpaired) electrons. The fourth-order valence-electron chi connectivity index (χ4n) is 3.43. The van der Waals surface area contributed by atoms with Crippen LogP contribution in [0, 0.1) is 5.92 Å². The average Bonchev–Trinajstić information content (AvgIpc) is 3.30. The zero-order valence-corrected chi connectivity index (χ0v) is 13.5. The van der Waals surface area contributed by atoms with Crippen LogP contribution < -0.4 is 10.1 Å². The Morgan fingerprint density at radius 3 is 2.71 bits per heavy atom. The van der Waals surface area contributed by atoms with Crippen LogP contribution in [-0.2, 0) is 0 Å². The van der Waals surface area contributed by atoms with E-state index in [4.69, 9.17) is 4.74 Å². The zero-order chi connectivity index (χ0) is 14.8. The number of hydrogen-bond donors (Lipinski definition) is 1. The molecule has 1 aliphatic carbocycles. The van der Waals surface area contributed by atoms with Gasteiger partial charge in [0.2, 0.25) is 0 Å². The summed E-state index contributed by atoms with van der Waals surface area (Å²) in [5, 5.41) is 3.70. The molecule has 1 aromatic carbocycles. The highest BCUT2D eigenvalue weighted by atomic mass is 16.5. The SMILES string of the molecule is CCNC1c2ccccc2OCC1N(CC1CC1)C(C)C. The van der Waals surface area contributed by atoms with Crippen molar-refractivity contribution in [3.63, 3.8) is 0 Å². The number of para-hydroxylation sites is 1. The predicted molar refractivity (Wildman–Crippen MR) is 86.7 cm³/mol. The van der Waals surface area contributed by atoms with Crippen molar-refractivity contribution in [2.75, 3.05) is 19.7 Å². The fourth-order valence-corrected chi connectivity index (χ4v) is 3.43. The Morgan fingerprint density at radius 2 is 2.05 bits per heavy atom. The van der Waals surface area contributed by atoms with Gasteiger partial charge in [0, 0.05) is 18.2 Å². The lowest BCUT2D eigenvalue weighted by atomic mass is 9.94. The number of hydrogen-bond acceptors (Lipinski definition) is 3. The van der Waals surface area contributed by atoms with Crippen LogP contribution in [0.1, 0.15) is 45.2 Å². The van der Waals surface area contributed by atoms with Gasteiger partial charge in [-0.25, -0.2) is 0 Å². The van der Waals surface area contributed by atoms with Gasteiger partial charge in [-0.15, -0.1) is 0 Å². The molecule has 1 aromatic rings. The molecule has 0 aromatic heterocycles. The monoisotopic (exact) mass is 288 g/mol. The number of likely N-dealkylation sites (N-methyl/N-ethyl adjacent to an activating group) is 1. The lowest BCUT2D eigenvalue weighted by Crippen LogP contribution is -2.53. The van der Waals surface area contributed by atoms with E-state index >= 15 is 0 Å². The van der Waals surface area contributed by atoms with Crippen molar-refractivity contribution >= 4 is 0 Å². The molecule has 1 fully saturated rings. The molecule has 2 aliphatic rings. The van der Waals surface area contributed by atoms with Crippen LogP contribution in [0.5, 0.6) is 5.75 Å². The van der Waals surface area contributed by atoms with Crippen molar-refractivity contribution < 1.29 is 4.74 Å². The summed E-state index contributed by atoms with van der Waals surface area (Å²) in [5.41, 5.74) is 1.32. The van der Waals surface area contributed by atoms with E-state index in [1.165, 1.54) is 24.9 Å². The number of ether oxygens (including phenoxy) is 1. The van der Waals surface area contributed by atoms with Crippen LogP contribution in [0.2, 0.25) is 0 Å². The van der Waals surface area contributed by atoms with Crippen LogP contribution in [0.3, 0.4) is 0 Å². The number of nitrogens with one attached hydrogen (secondary N) is 1. The smallest absolute Gasteiger partial charge is 0.124 e. The summed E-state index contributed by atoms with van der Waals surface area (Å²) in [6.45, 7) is 9.81. The van der Waals surface area contributed by atoms with Gasteiger partial charge in [-0.1, -0.05) is 25.1 Å². The maximum Gasteiger partial charge on any atom is 0.124 e. The summed E-state index contributed by atoms with van der Waals surface area (Å²) in [4.78, 5) is 2.65. The van der Waals surface area contributed by atoms with Crippen LogP contribution in [0.15, 0.2) is 24.3 Å². The molecule has 1 heterocycles. The summed E-state index contributed by atoms with van der Waals surface area (Å²) >= 11 is 0. The van der Waals surface area contributed by atoms with E-state index in [-0.39, 0.29) is 0 Å². The quantitative estimate of drug-likeness (QED) is 0.870. The summed E-state index contributed by atoms with van der Waals surface area (Å²) < 4.78 is 6.06. The first kappa shape index (κ1) is 14.9. The second kappa shape index (κ2) is 6.37. The van der Waals surface area contributed by atoms with Crippen molar-refractivity contribution in [1.29, 1.82) is 0 Å². The Morgan fingerprint density at radius 1 is 1.29 bits per heavy atom. The number of rotatable bonds is 6. The standard InChI is InChI=1S/C18H28N2O/c1-4-19-18-15-7-5-6-8-17(15)21-12-16(18)20(13(2)3)11-14-9-10-14/h5-8,13-14,16,18-19H,4,9-12H2,1-3H3. The Balaban J connectivity index is 1.85. The van der Waals surface area contributed by atoms with Gasteiger partial charge in [-0.05, 0) is 45.2 Å². The molecule has 2 unspecified atom stereocenters. The molecule has 1 saturated carbocycles. The fraction of sp³-hybridized carbons (Fsp3) is 0.667. The van der Waals surface area contributed by atoms with Crippen LogP contribution in [0.25, 0.3) is 0 Å². The highest BCUT2D eigenvalue weighted by Gasteiger charge is 2.37. The van der Waals surface area contributed by atoms with Gasteiger partial charge in [-0.3, -0.25) is 4.90 Å². The van der Waals surface area contributed by atoms with E-state index in [0.717, 1.165) is 24.8 Å². The van der Waals surface area contributed by atoms with Gasteiger partial charge in [0.15, 0.2) is 0 Å². The van der Waals surface area contributed by atoms with E-state index in [9.17, 15) is 0 Å². The molecule has 2 atom stereocenters. The Hall–Kier alpha value is -1.06.